The Morgan fingerprint density at radius 1 is 0.365 bits per heavy atom. The Morgan fingerprint density at radius 3 is 1.04 bits per heavy atom. The Labute approximate surface area is 581 Å². The van der Waals surface area contributed by atoms with Gasteiger partial charge in [0.05, 0.1) is 38.6 Å². The SMILES string of the molecule is CCCCCCCCCCCCCCCCCCCCCC/C=C/CC/C=C/C(O)C(COC1OC(CO)C(OC2OC(CO)C(OC3OC(CO)C(O)C(O)C3O)C(O)C2O)C(O)C1O)NC(=O)CCCCCCCCCCCCCCCCCCCCCCCCCCC. The smallest absolute Gasteiger partial charge is 0.220 e. The summed E-state index contributed by atoms with van der Waals surface area (Å²) in [6, 6.07) is -0.988. The lowest BCUT2D eigenvalue weighted by Crippen LogP contribution is -2.66. The van der Waals surface area contributed by atoms with Crippen molar-refractivity contribution in [2.45, 2.75) is 433 Å². The number of hydrogen-bond donors (Lipinski definition) is 12. The van der Waals surface area contributed by atoms with Crippen LogP contribution >= 0.6 is 0 Å². The normalized spacial score (nSPS) is 27.1. The van der Waals surface area contributed by atoms with Crippen LogP contribution in [0.25, 0.3) is 0 Å². The molecule has 19 nitrogen and oxygen atoms in total. The van der Waals surface area contributed by atoms with Gasteiger partial charge in [0, 0.05) is 6.42 Å². The number of carbonyl (C=O) groups excluding carboxylic acids is 1. The molecule has 3 aliphatic heterocycles. The van der Waals surface area contributed by atoms with Gasteiger partial charge in [-0.3, -0.25) is 4.79 Å². The molecule has 3 heterocycles. The van der Waals surface area contributed by atoms with Crippen molar-refractivity contribution in [1.82, 2.24) is 5.32 Å². The van der Waals surface area contributed by atoms with Gasteiger partial charge in [0.15, 0.2) is 18.9 Å². The summed E-state index contributed by atoms with van der Waals surface area (Å²) < 4.78 is 34.4. The number of nitrogens with one attached hydrogen (secondary N) is 1. The molecule has 19 heteroatoms. The summed E-state index contributed by atoms with van der Waals surface area (Å²) in [6.45, 7) is 1.78. The van der Waals surface area contributed by atoms with E-state index < -0.39 is 124 Å². The largest absolute Gasteiger partial charge is 0.394 e. The van der Waals surface area contributed by atoms with Crippen LogP contribution in [0.3, 0.4) is 0 Å². The maximum atomic E-state index is 13.5. The summed E-state index contributed by atoms with van der Waals surface area (Å²) in [7, 11) is 0. The molecule has 3 aliphatic rings. The van der Waals surface area contributed by atoms with Gasteiger partial charge in [-0.25, -0.2) is 0 Å². The molecule has 0 bridgehead atoms. The first-order valence-corrected chi connectivity index (χ1v) is 39.6. The standard InChI is InChI=1S/C77H145NO18/c1-3-5-7-9-11-13-15-17-19-21-23-25-27-29-31-32-34-36-38-40-42-44-46-48-50-52-54-61(82)60(78-65(83)55-53-51-49-47-45-43-41-39-37-35-33-30-28-26-24-22-20-18-16-14-12-10-8-6-4-2)59-91-75-71(89)68(86)73(63(57-80)93-75)96-77-72(90)69(87)74(64(58-81)94-77)95-76-70(88)67(85)66(84)62(56-79)92-76/h44,46,52,54,60-64,66-77,79-82,84-90H,3-43,45,47-51,53,55-59H2,1-2H3,(H,78,83)/b46-44+,54-52+. The van der Waals surface area contributed by atoms with Crippen molar-refractivity contribution < 1.29 is 89.4 Å². The number of ether oxygens (including phenoxy) is 6. The van der Waals surface area contributed by atoms with Crippen LogP contribution in [0.2, 0.25) is 0 Å². The number of hydrogen-bond acceptors (Lipinski definition) is 18. The highest BCUT2D eigenvalue weighted by molar-refractivity contribution is 5.76. The minimum atomic E-state index is -1.98. The number of unbranched alkanes of at least 4 members (excludes halogenated alkanes) is 45. The quantitative estimate of drug-likeness (QED) is 0.0199. The predicted octanol–water partition coefficient (Wildman–Crippen LogP) is 12.6. The van der Waals surface area contributed by atoms with Gasteiger partial charge in [-0.15, -0.1) is 0 Å². The van der Waals surface area contributed by atoms with Crippen molar-refractivity contribution in [2.75, 3.05) is 26.4 Å². The van der Waals surface area contributed by atoms with E-state index in [0.717, 1.165) is 38.5 Å². The highest BCUT2D eigenvalue weighted by Crippen LogP contribution is 2.33. The fourth-order valence-electron chi connectivity index (χ4n) is 13.6. The molecule has 0 aromatic rings. The first-order chi connectivity index (χ1) is 46.8. The third-order valence-corrected chi connectivity index (χ3v) is 20.0. The third kappa shape index (κ3) is 39.1. The fraction of sp³-hybridized carbons (Fsp3) is 0.935. The van der Waals surface area contributed by atoms with Gasteiger partial charge >= 0.3 is 0 Å². The molecule has 1 amide bonds. The zero-order valence-corrected chi connectivity index (χ0v) is 60.4. The summed E-state index contributed by atoms with van der Waals surface area (Å²) >= 11 is 0. The Balaban J connectivity index is 1.40. The van der Waals surface area contributed by atoms with E-state index >= 15 is 0 Å². The molecule has 0 radical (unpaired) electrons. The van der Waals surface area contributed by atoms with Crippen LogP contribution in [0.5, 0.6) is 0 Å². The van der Waals surface area contributed by atoms with Gasteiger partial charge in [0.25, 0.3) is 0 Å². The number of aliphatic hydroxyl groups is 11. The number of aliphatic hydroxyl groups excluding tert-OH is 11. The molecule has 3 saturated heterocycles. The van der Waals surface area contributed by atoms with Crippen molar-refractivity contribution in [1.29, 1.82) is 0 Å². The van der Waals surface area contributed by atoms with E-state index in [2.05, 4.69) is 31.3 Å². The Hall–Kier alpha value is -1.73. The first kappa shape index (κ1) is 88.5. The minimum Gasteiger partial charge on any atom is -0.394 e. The number of amides is 1. The van der Waals surface area contributed by atoms with Crippen molar-refractivity contribution in [3.63, 3.8) is 0 Å². The molecule has 17 unspecified atom stereocenters. The second-order valence-electron chi connectivity index (χ2n) is 28.5. The summed E-state index contributed by atoms with van der Waals surface area (Å²) in [4.78, 5) is 13.5. The lowest BCUT2D eigenvalue weighted by molar-refractivity contribution is -0.379. The van der Waals surface area contributed by atoms with Crippen LogP contribution in [-0.4, -0.2) is 193 Å². The number of rotatable bonds is 63. The van der Waals surface area contributed by atoms with E-state index in [1.807, 2.05) is 6.08 Å². The van der Waals surface area contributed by atoms with Crippen molar-refractivity contribution >= 4 is 5.91 Å². The number of carbonyl (C=O) groups is 1. The molecule has 566 valence electrons. The zero-order valence-electron chi connectivity index (χ0n) is 60.4. The van der Waals surface area contributed by atoms with E-state index in [0.29, 0.717) is 12.8 Å². The molecule has 0 aliphatic carbocycles. The van der Waals surface area contributed by atoms with Gasteiger partial charge in [-0.05, 0) is 32.1 Å². The second-order valence-corrected chi connectivity index (χ2v) is 28.5. The molecule has 0 aromatic heterocycles. The third-order valence-electron chi connectivity index (χ3n) is 20.0. The van der Waals surface area contributed by atoms with Gasteiger partial charge in [0.1, 0.15) is 73.2 Å². The lowest BCUT2D eigenvalue weighted by Gasteiger charge is -2.48. The maximum Gasteiger partial charge on any atom is 0.220 e. The Kier molecular flexibility index (Phi) is 54.1. The topological polar surface area (TPSA) is 307 Å². The van der Waals surface area contributed by atoms with Crippen molar-refractivity contribution in [2.24, 2.45) is 0 Å². The van der Waals surface area contributed by atoms with E-state index in [1.165, 1.54) is 257 Å². The van der Waals surface area contributed by atoms with Crippen LogP contribution in [0.4, 0.5) is 0 Å². The average Bonchev–Trinajstić information content (AvgIpc) is 0.786. The molecule has 0 saturated carbocycles. The second kappa shape index (κ2) is 58.7. The molecule has 96 heavy (non-hydrogen) atoms. The molecule has 0 spiro atoms. The van der Waals surface area contributed by atoms with Crippen LogP contribution < -0.4 is 5.32 Å². The van der Waals surface area contributed by atoms with Gasteiger partial charge < -0.3 is 89.9 Å². The van der Waals surface area contributed by atoms with E-state index in [-0.39, 0.29) is 18.9 Å². The van der Waals surface area contributed by atoms with E-state index in [4.69, 9.17) is 28.4 Å². The minimum absolute atomic E-state index is 0.241. The van der Waals surface area contributed by atoms with Crippen molar-refractivity contribution in [3.05, 3.63) is 24.3 Å². The molecule has 12 N–H and O–H groups in total. The summed E-state index contributed by atoms with van der Waals surface area (Å²) in [5.41, 5.74) is 0. The molecular weight excluding hydrogens is 1230 g/mol. The van der Waals surface area contributed by atoms with Crippen molar-refractivity contribution in [3.8, 4) is 0 Å². The van der Waals surface area contributed by atoms with Crippen LogP contribution in [0, 0.1) is 0 Å². The van der Waals surface area contributed by atoms with Crippen LogP contribution in [0.1, 0.15) is 328 Å². The fourth-order valence-corrected chi connectivity index (χ4v) is 13.6. The molecule has 3 fully saturated rings. The lowest BCUT2D eigenvalue weighted by atomic mass is 9.96. The predicted molar refractivity (Wildman–Crippen MR) is 379 cm³/mol. The van der Waals surface area contributed by atoms with Gasteiger partial charge in [-0.1, -0.05) is 314 Å². The van der Waals surface area contributed by atoms with E-state index in [1.54, 1.807) is 6.08 Å². The molecular formula is C77H145NO18. The monoisotopic (exact) mass is 1370 g/mol. The number of allylic oxidation sites excluding steroid dienone is 3. The first-order valence-electron chi connectivity index (χ1n) is 39.6. The van der Waals surface area contributed by atoms with Crippen LogP contribution in [-0.2, 0) is 33.2 Å². The van der Waals surface area contributed by atoms with Gasteiger partial charge in [0.2, 0.25) is 5.91 Å². The molecule has 17 atom stereocenters. The summed E-state index contributed by atoms with van der Waals surface area (Å²) in [6.07, 6.45) is 43.1. The average molecular weight is 1370 g/mol. The Morgan fingerprint density at radius 2 is 0.667 bits per heavy atom. The highest BCUT2D eigenvalue weighted by Gasteiger charge is 2.53. The molecule has 0 aromatic carbocycles. The molecule has 3 rings (SSSR count). The summed E-state index contributed by atoms with van der Waals surface area (Å²) in [5, 5.41) is 121. The van der Waals surface area contributed by atoms with E-state index in [9.17, 15) is 61.0 Å². The highest BCUT2D eigenvalue weighted by atomic mass is 16.8. The maximum absolute atomic E-state index is 13.5. The Bertz CT molecular complexity index is 1830. The zero-order chi connectivity index (χ0) is 69.6. The summed E-state index contributed by atoms with van der Waals surface area (Å²) in [5.74, 6) is -0.278. The van der Waals surface area contributed by atoms with Crippen LogP contribution in [0.15, 0.2) is 24.3 Å². The van der Waals surface area contributed by atoms with Gasteiger partial charge in [-0.2, -0.15) is 0 Å².